The lowest BCUT2D eigenvalue weighted by Crippen LogP contribution is -2.43. The van der Waals surface area contributed by atoms with Crippen LogP contribution in [0.1, 0.15) is 44.3 Å². The molecule has 0 aliphatic carbocycles. The van der Waals surface area contributed by atoms with Crippen LogP contribution in [0.3, 0.4) is 0 Å². The Bertz CT molecular complexity index is 378. The summed E-state index contributed by atoms with van der Waals surface area (Å²) >= 11 is 3.80. The minimum atomic E-state index is 0.141. The van der Waals surface area contributed by atoms with Crippen molar-refractivity contribution >= 4 is 23.1 Å². The minimum absolute atomic E-state index is 0.141. The second-order valence-electron chi connectivity index (χ2n) is 5.91. The van der Waals surface area contributed by atoms with Gasteiger partial charge in [-0.1, -0.05) is 20.8 Å². The van der Waals surface area contributed by atoms with Gasteiger partial charge in [-0.3, -0.25) is 11.3 Å². The van der Waals surface area contributed by atoms with Crippen molar-refractivity contribution < 1.29 is 0 Å². The Morgan fingerprint density at radius 2 is 2.33 bits per heavy atom. The smallest absolute Gasteiger partial charge is 0.0944 e. The lowest BCUT2D eigenvalue weighted by molar-refractivity contribution is 0.492. The van der Waals surface area contributed by atoms with Crippen molar-refractivity contribution in [1.29, 1.82) is 0 Å². The summed E-state index contributed by atoms with van der Waals surface area (Å²) in [5.74, 6) is 6.98. The highest BCUT2D eigenvalue weighted by Gasteiger charge is 2.26. The molecule has 1 fully saturated rings. The van der Waals surface area contributed by atoms with Gasteiger partial charge in [-0.15, -0.1) is 11.3 Å². The number of thioether (sulfide) groups is 1. The molecule has 0 radical (unpaired) electrons. The first-order valence-corrected chi connectivity index (χ1v) is 8.46. The van der Waals surface area contributed by atoms with Gasteiger partial charge in [-0.25, -0.2) is 4.98 Å². The van der Waals surface area contributed by atoms with Crippen LogP contribution < -0.4 is 11.3 Å². The zero-order valence-electron chi connectivity index (χ0n) is 11.4. The SMILES string of the molecule is CC(C)(C)c1csc(CC(NN)C2CCCS2)n1. The number of aromatic nitrogens is 1. The molecule has 2 heterocycles. The molecule has 3 nitrogen and oxygen atoms in total. The Labute approximate surface area is 118 Å². The van der Waals surface area contributed by atoms with Gasteiger partial charge in [0.1, 0.15) is 0 Å². The van der Waals surface area contributed by atoms with Gasteiger partial charge in [0.05, 0.1) is 10.7 Å². The lowest BCUT2D eigenvalue weighted by Gasteiger charge is -2.20. The largest absolute Gasteiger partial charge is 0.271 e. The van der Waals surface area contributed by atoms with Crippen molar-refractivity contribution in [1.82, 2.24) is 10.4 Å². The molecule has 5 heteroatoms. The quantitative estimate of drug-likeness (QED) is 0.660. The standard InChI is InChI=1S/C13H23N3S2/c1-13(2,3)11-8-18-12(15-11)7-9(16-14)10-5-4-6-17-10/h8-10,16H,4-7,14H2,1-3H3. The maximum absolute atomic E-state index is 5.71. The predicted molar refractivity (Wildman–Crippen MR) is 81.1 cm³/mol. The van der Waals surface area contributed by atoms with E-state index in [-0.39, 0.29) is 5.41 Å². The third-order valence-electron chi connectivity index (χ3n) is 3.34. The zero-order chi connectivity index (χ0) is 13.2. The maximum Gasteiger partial charge on any atom is 0.0944 e. The van der Waals surface area contributed by atoms with Crippen LogP contribution in [0.15, 0.2) is 5.38 Å². The van der Waals surface area contributed by atoms with Crippen molar-refractivity contribution in [3.8, 4) is 0 Å². The lowest BCUT2D eigenvalue weighted by atomic mass is 9.93. The van der Waals surface area contributed by atoms with E-state index in [1.807, 2.05) is 11.8 Å². The van der Waals surface area contributed by atoms with E-state index < -0.39 is 0 Å². The molecule has 2 unspecified atom stereocenters. The van der Waals surface area contributed by atoms with E-state index in [9.17, 15) is 0 Å². The van der Waals surface area contributed by atoms with Gasteiger partial charge in [0.25, 0.3) is 0 Å². The number of thiazole rings is 1. The van der Waals surface area contributed by atoms with Gasteiger partial charge in [0, 0.05) is 28.5 Å². The Morgan fingerprint density at radius 1 is 1.56 bits per heavy atom. The van der Waals surface area contributed by atoms with Crippen molar-refractivity contribution in [2.24, 2.45) is 5.84 Å². The monoisotopic (exact) mass is 285 g/mol. The number of rotatable bonds is 4. The average molecular weight is 285 g/mol. The van der Waals surface area contributed by atoms with E-state index in [2.05, 4.69) is 31.6 Å². The number of hydrazine groups is 1. The number of nitrogens with zero attached hydrogens (tertiary/aromatic N) is 1. The zero-order valence-corrected chi connectivity index (χ0v) is 13.0. The molecule has 2 atom stereocenters. The molecule has 0 saturated carbocycles. The van der Waals surface area contributed by atoms with E-state index in [0.29, 0.717) is 11.3 Å². The number of hydrogen-bond acceptors (Lipinski definition) is 5. The summed E-state index contributed by atoms with van der Waals surface area (Å²) < 4.78 is 0. The molecule has 0 spiro atoms. The van der Waals surface area contributed by atoms with Crippen LogP contribution in [-0.4, -0.2) is 22.0 Å². The molecule has 1 aliphatic rings. The first-order chi connectivity index (χ1) is 8.50. The van der Waals surface area contributed by atoms with Gasteiger partial charge >= 0.3 is 0 Å². The molecule has 1 aliphatic heterocycles. The molecular weight excluding hydrogens is 262 g/mol. The fraction of sp³-hybridized carbons (Fsp3) is 0.769. The molecule has 0 bridgehead atoms. The molecule has 1 aromatic heterocycles. The average Bonchev–Trinajstić information content (AvgIpc) is 2.95. The van der Waals surface area contributed by atoms with Crippen LogP contribution >= 0.6 is 23.1 Å². The van der Waals surface area contributed by atoms with E-state index in [1.165, 1.54) is 29.3 Å². The van der Waals surface area contributed by atoms with Crippen LogP contribution in [-0.2, 0) is 11.8 Å². The van der Waals surface area contributed by atoms with Gasteiger partial charge in [-0.2, -0.15) is 11.8 Å². The second-order valence-corrected chi connectivity index (χ2v) is 8.19. The summed E-state index contributed by atoms with van der Waals surface area (Å²) in [6.45, 7) is 6.62. The first kappa shape index (κ1) is 14.3. The summed E-state index contributed by atoms with van der Waals surface area (Å²) in [7, 11) is 0. The van der Waals surface area contributed by atoms with Crippen molar-refractivity contribution in [3.05, 3.63) is 16.1 Å². The first-order valence-electron chi connectivity index (χ1n) is 6.53. The molecule has 3 N–H and O–H groups in total. The molecule has 0 aromatic carbocycles. The van der Waals surface area contributed by atoms with E-state index in [4.69, 9.17) is 10.8 Å². The van der Waals surface area contributed by atoms with E-state index >= 15 is 0 Å². The van der Waals surface area contributed by atoms with Crippen LogP contribution in [0.2, 0.25) is 0 Å². The molecule has 0 amide bonds. The highest BCUT2D eigenvalue weighted by molar-refractivity contribution is 8.00. The van der Waals surface area contributed by atoms with Gasteiger partial charge in [-0.05, 0) is 18.6 Å². The molecular formula is C13H23N3S2. The van der Waals surface area contributed by atoms with Gasteiger partial charge < -0.3 is 0 Å². The molecule has 102 valence electrons. The third kappa shape index (κ3) is 3.47. The molecule has 1 saturated heterocycles. The number of nitrogens with one attached hydrogen (secondary N) is 1. The molecule has 18 heavy (non-hydrogen) atoms. The van der Waals surface area contributed by atoms with Gasteiger partial charge in [0.15, 0.2) is 0 Å². The van der Waals surface area contributed by atoms with Gasteiger partial charge in [0.2, 0.25) is 0 Å². The van der Waals surface area contributed by atoms with E-state index in [0.717, 1.165) is 6.42 Å². The van der Waals surface area contributed by atoms with Crippen molar-refractivity contribution in [3.63, 3.8) is 0 Å². The predicted octanol–water partition coefficient (Wildman–Crippen LogP) is 2.71. The summed E-state index contributed by atoms with van der Waals surface area (Å²) in [5, 5.41) is 4.04. The highest BCUT2D eigenvalue weighted by atomic mass is 32.2. The third-order valence-corrected chi connectivity index (χ3v) is 5.73. The normalized spacial score (nSPS) is 22.3. The van der Waals surface area contributed by atoms with E-state index in [1.54, 1.807) is 11.3 Å². The second kappa shape index (κ2) is 5.90. The van der Waals surface area contributed by atoms with Crippen molar-refractivity contribution in [2.75, 3.05) is 5.75 Å². The number of nitrogens with two attached hydrogens (primary N) is 1. The Kier molecular flexibility index (Phi) is 4.69. The summed E-state index contributed by atoms with van der Waals surface area (Å²) in [6, 6.07) is 0.358. The molecule has 1 aromatic rings. The summed E-state index contributed by atoms with van der Waals surface area (Å²) in [4.78, 5) is 4.75. The summed E-state index contributed by atoms with van der Waals surface area (Å²) in [6.07, 6.45) is 3.55. The summed E-state index contributed by atoms with van der Waals surface area (Å²) in [5.41, 5.74) is 4.32. The van der Waals surface area contributed by atoms with Crippen LogP contribution in [0.25, 0.3) is 0 Å². The van der Waals surface area contributed by atoms with Crippen LogP contribution in [0.5, 0.6) is 0 Å². The fourth-order valence-electron chi connectivity index (χ4n) is 2.15. The Morgan fingerprint density at radius 3 is 2.83 bits per heavy atom. The number of hydrogen-bond donors (Lipinski definition) is 2. The van der Waals surface area contributed by atoms with Crippen LogP contribution in [0.4, 0.5) is 0 Å². The maximum atomic E-state index is 5.71. The van der Waals surface area contributed by atoms with Crippen molar-refractivity contribution in [2.45, 2.75) is 56.7 Å². The Balaban J connectivity index is 2.01. The minimum Gasteiger partial charge on any atom is -0.271 e. The highest BCUT2D eigenvalue weighted by Crippen LogP contribution is 2.31. The topological polar surface area (TPSA) is 50.9 Å². The Hall–Kier alpha value is -0.100. The molecule has 2 rings (SSSR count). The van der Waals surface area contributed by atoms with Crippen LogP contribution in [0, 0.1) is 0 Å². The fourth-order valence-corrected chi connectivity index (χ4v) is 4.61.